The minimum atomic E-state index is -4.40. The molecule has 2 aromatic heterocycles. The molecule has 31 heavy (non-hydrogen) atoms. The van der Waals surface area contributed by atoms with Crippen molar-refractivity contribution in [1.29, 1.82) is 0 Å². The van der Waals surface area contributed by atoms with Crippen LogP contribution >= 0.6 is 11.3 Å². The van der Waals surface area contributed by atoms with E-state index in [-0.39, 0.29) is 36.7 Å². The first kappa shape index (κ1) is 29.2. The number of carbonyl (C=O) groups is 1. The molecule has 2 aromatic rings. The Hall–Kier alpha value is -1.75. The number of pyridine rings is 1. The van der Waals surface area contributed by atoms with Gasteiger partial charge in [-0.3, -0.25) is 9.78 Å². The van der Waals surface area contributed by atoms with Gasteiger partial charge in [-0.25, -0.2) is 13.3 Å². The molecule has 0 aromatic carbocycles. The quantitative estimate of drug-likeness (QED) is 0.372. The molecule has 0 aliphatic heterocycles. The first-order valence-electron chi connectivity index (χ1n) is 9.20. The van der Waals surface area contributed by atoms with Crippen molar-refractivity contribution in [3.63, 3.8) is 0 Å². The zero-order valence-corrected chi connectivity index (χ0v) is 19.1. The van der Waals surface area contributed by atoms with E-state index in [1.165, 1.54) is 24.0 Å². The number of aryl methyl sites for hydroxylation is 1. The summed E-state index contributed by atoms with van der Waals surface area (Å²) in [6.45, 7) is 14.4. The zero-order valence-electron chi connectivity index (χ0n) is 18.3. The Bertz CT molecular complexity index is 845. The third-order valence-corrected chi connectivity index (χ3v) is 4.75. The van der Waals surface area contributed by atoms with Crippen LogP contribution in [0.3, 0.4) is 0 Å². The van der Waals surface area contributed by atoms with Gasteiger partial charge < -0.3 is 16.5 Å². The summed E-state index contributed by atoms with van der Waals surface area (Å²) in [5, 5.41) is 1.77. The number of thiophene rings is 1. The summed E-state index contributed by atoms with van der Waals surface area (Å²) < 4.78 is 42.3. The van der Waals surface area contributed by atoms with Crippen molar-refractivity contribution in [3.05, 3.63) is 64.8 Å². The molecule has 0 fully saturated rings. The second kappa shape index (κ2) is 12.9. The number of hydrogen-bond acceptors (Lipinski definition) is 5. The molecule has 4 nitrogen and oxygen atoms in total. The fourth-order valence-electron chi connectivity index (χ4n) is 2.42. The van der Waals surface area contributed by atoms with E-state index in [0.717, 1.165) is 22.7 Å². The van der Waals surface area contributed by atoms with Crippen LogP contribution in [0.25, 0.3) is 0 Å². The van der Waals surface area contributed by atoms with E-state index in [4.69, 9.17) is 0 Å². The fraction of sp³-hybridized carbons (Fsp3) is 0.409. The molecular weight excluding hydrogens is 422 g/mol. The number of halogens is 3. The normalized spacial score (nSPS) is 11.1. The van der Waals surface area contributed by atoms with Gasteiger partial charge >= 0.3 is 25.0 Å². The van der Waals surface area contributed by atoms with E-state index in [9.17, 15) is 22.8 Å². The third kappa shape index (κ3) is 10.4. The number of Topliss-reactive ketones (excluding diaryl/α,β-unsaturated/α-hetero) is 1. The second-order valence-electron chi connectivity index (χ2n) is 7.46. The first-order chi connectivity index (χ1) is 13.9. The monoisotopic (exact) mass is 447 g/mol. The molecule has 2 heterocycles. The maximum atomic E-state index is 12.6. The Morgan fingerprint density at radius 2 is 1.90 bits per heavy atom. The topological polar surface area (TPSA) is 56.3 Å². The van der Waals surface area contributed by atoms with E-state index in [0.29, 0.717) is 30.4 Å². The molecule has 9 heteroatoms. The number of rotatable bonds is 7. The summed E-state index contributed by atoms with van der Waals surface area (Å²) in [5.74, 6) is -0.0188. The van der Waals surface area contributed by atoms with Crippen LogP contribution in [-0.2, 0) is 28.5 Å². The molecule has 0 spiro atoms. The number of ether oxygens (including phenoxy) is 1. The summed E-state index contributed by atoms with van der Waals surface area (Å²) in [7, 11) is 0. The van der Waals surface area contributed by atoms with Crippen LogP contribution in [-0.4, -0.2) is 22.8 Å². The van der Waals surface area contributed by atoms with E-state index >= 15 is 0 Å². The summed E-state index contributed by atoms with van der Waals surface area (Å²) in [4.78, 5) is 26.1. The number of hydrogen-bond donors (Lipinski definition) is 0. The van der Waals surface area contributed by atoms with Gasteiger partial charge in [0.2, 0.25) is 0 Å². The summed E-state index contributed by atoms with van der Waals surface area (Å²) in [6, 6.07) is 1.08. The largest absolute Gasteiger partial charge is 1.00 e. The van der Waals surface area contributed by atoms with E-state index in [2.05, 4.69) is 23.6 Å². The predicted molar refractivity (Wildman–Crippen MR) is 111 cm³/mol. The number of alkyl halides is 3. The average Bonchev–Trinajstić information content (AvgIpc) is 3.01. The van der Waals surface area contributed by atoms with Crippen molar-refractivity contribution in [3.8, 4) is 0 Å². The van der Waals surface area contributed by atoms with E-state index in [1.54, 1.807) is 26.2 Å². The molecule has 2 rings (SSSR count). The zero-order chi connectivity index (χ0) is 22.9. The molecular formula is C22H25F3LiNO3S-2. The number of aromatic nitrogens is 1. The molecule has 0 saturated heterocycles. The molecule has 0 saturated carbocycles. The third-order valence-electron chi connectivity index (χ3n) is 3.87. The predicted octanol–water partition coefficient (Wildman–Crippen LogP) is 2.80. The Balaban J connectivity index is 0.000000975. The van der Waals surface area contributed by atoms with Gasteiger partial charge in [0, 0.05) is 18.8 Å². The minimum absolute atomic E-state index is 0. The number of ketones is 1. The summed E-state index contributed by atoms with van der Waals surface area (Å²) >= 11 is 1.41. The van der Waals surface area contributed by atoms with Gasteiger partial charge in [0.25, 0.3) is 0 Å². The molecule has 0 aliphatic rings. The minimum Gasteiger partial charge on any atom is -0.649 e. The molecule has 0 N–H and O–H groups in total. The van der Waals surface area contributed by atoms with Crippen molar-refractivity contribution < 1.29 is 46.4 Å². The second-order valence-corrected chi connectivity index (χ2v) is 8.42. The van der Waals surface area contributed by atoms with Crippen LogP contribution in [0, 0.1) is 13.8 Å². The Labute approximate surface area is 197 Å². The van der Waals surface area contributed by atoms with Crippen molar-refractivity contribution in [1.82, 2.24) is 4.98 Å². The van der Waals surface area contributed by atoms with E-state index < -0.39 is 11.7 Å². The van der Waals surface area contributed by atoms with Gasteiger partial charge in [0.1, 0.15) is 5.78 Å². The Morgan fingerprint density at radius 3 is 2.39 bits per heavy atom. The average molecular weight is 447 g/mol. The van der Waals surface area contributed by atoms with Crippen LogP contribution in [0.4, 0.5) is 13.2 Å². The summed E-state index contributed by atoms with van der Waals surface area (Å²) in [6.07, 6.45) is -0.565. The Kier molecular flexibility index (Phi) is 12.2. The Morgan fingerprint density at radius 1 is 1.26 bits per heavy atom. The molecule has 0 unspecified atom stereocenters. The molecule has 0 bridgehead atoms. The van der Waals surface area contributed by atoms with Crippen LogP contribution in [0.5, 0.6) is 0 Å². The molecule has 166 valence electrons. The van der Waals surface area contributed by atoms with Crippen LogP contribution in [0.15, 0.2) is 23.8 Å². The molecule has 0 aliphatic carbocycles. The molecule has 0 amide bonds. The van der Waals surface area contributed by atoms with Gasteiger partial charge in [0.05, 0.1) is 11.2 Å². The first-order valence-corrected chi connectivity index (χ1v) is 10.1. The standard InChI is InChI=1S/C17H16F3NOS.C5H9O2.Li/c1-3-14-11(2)23-10-15(14)16(22)6-4-5-12-7-13(9-21-8-12)17(18,19)20;1-5(2,3)7-4-6;/h7-10H,1-6H2;1-3H3;/q-2;-1;+1. The van der Waals surface area contributed by atoms with Crippen LogP contribution in [0.2, 0.25) is 0 Å². The summed E-state index contributed by atoms with van der Waals surface area (Å²) in [5.41, 5.74) is 0.841. The van der Waals surface area contributed by atoms with Gasteiger partial charge in [-0.05, 0) is 50.6 Å². The maximum absolute atomic E-state index is 12.6. The smallest absolute Gasteiger partial charge is 0.649 e. The van der Waals surface area contributed by atoms with Gasteiger partial charge in [0.15, 0.2) is 0 Å². The van der Waals surface area contributed by atoms with Gasteiger partial charge in [-0.1, -0.05) is 12.0 Å². The van der Waals surface area contributed by atoms with Crippen molar-refractivity contribution in [2.45, 2.75) is 58.2 Å². The molecule has 0 atom stereocenters. The van der Waals surface area contributed by atoms with Gasteiger partial charge in [-0.15, -0.1) is 4.88 Å². The molecule has 0 radical (unpaired) electrons. The van der Waals surface area contributed by atoms with Crippen LogP contribution < -0.4 is 18.9 Å². The fourth-order valence-corrected chi connectivity index (χ4v) is 3.31. The van der Waals surface area contributed by atoms with Crippen molar-refractivity contribution in [2.75, 3.05) is 0 Å². The van der Waals surface area contributed by atoms with Gasteiger partial charge in [-0.2, -0.15) is 30.1 Å². The number of nitrogens with zero attached hydrogens (tertiary/aromatic N) is 1. The maximum Gasteiger partial charge on any atom is 1.00 e. The van der Waals surface area contributed by atoms with Crippen molar-refractivity contribution >= 4 is 23.6 Å². The SMILES string of the molecule is CC(C)(C)O[C-]=O.[CH2-]Cc1c(C(=O)CCCc2cncc(C(F)(F)F)c2)csc1[CH2-].[Li+]. The van der Waals surface area contributed by atoms with Crippen molar-refractivity contribution in [2.24, 2.45) is 0 Å². The van der Waals surface area contributed by atoms with E-state index in [1.807, 2.05) is 0 Å². The van der Waals surface area contributed by atoms with Crippen LogP contribution in [0.1, 0.15) is 65.5 Å². The number of carbonyl (C=O) groups excluding carboxylic acids is 2.